The Hall–Kier alpha value is -5.09. The van der Waals surface area contributed by atoms with E-state index >= 15 is 0 Å². The van der Waals surface area contributed by atoms with E-state index < -0.39 is 91.5 Å². The SMILES string of the molecule is CC/C=C\C/C=C\C/C=C\C/C=C\C/C=C\C/C=C\CCCCCCCCCCCCCCCCC(=O)OCC(O)COP(=O)(O)OCC(O)COP(=O)(O)OCC(COC(=O)CCCCCCCC/C=C\C/C=C\C/C=C\CCCCC)OC(=O)CCC/C=C\C/C=C\C/C=C\C/C=C\C/C=C\CC. The van der Waals surface area contributed by atoms with Gasteiger partial charge in [0.1, 0.15) is 25.4 Å². The molecule has 0 spiro atoms. The summed E-state index contributed by atoms with van der Waals surface area (Å²) >= 11 is 0. The first-order valence-corrected chi connectivity index (χ1v) is 43.4. The minimum Gasteiger partial charge on any atom is -0.463 e. The maximum Gasteiger partial charge on any atom is 0.472 e. The second-order valence-corrected chi connectivity index (χ2v) is 29.4. The molecule has 0 bridgehead atoms. The third-order valence-corrected chi connectivity index (χ3v) is 18.3. The lowest BCUT2D eigenvalue weighted by atomic mass is 10.0. The molecule has 18 heteroatoms. The molecule has 0 heterocycles. The van der Waals surface area contributed by atoms with Crippen LogP contribution in [0.25, 0.3) is 0 Å². The summed E-state index contributed by atoms with van der Waals surface area (Å²) in [4.78, 5) is 58.6. The van der Waals surface area contributed by atoms with Crippen molar-refractivity contribution in [1.82, 2.24) is 0 Å². The summed E-state index contributed by atoms with van der Waals surface area (Å²) in [5.41, 5.74) is 0. The predicted molar refractivity (Wildman–Crippen MR) is 435 cm³/mol. The van der Waals surface area contributed by atoms with Crippen molar-refractivity contribution in [2.45, 2.75) is 322 Å². The van der Waals surface area contributed by atoms with E-state index in [2.05, 4.69) is 179 Å². The molecule has 0 aromatic carbocycles. The van der Waals surface area contributed by atoms with Gasteiger partial charge in [-0.1, -0.05) is 306 Å². The highest BCUT2D eigenvalue weighted by molar-refractivity contribution is 7.47. The van der Waals surface area contributed by atoms with Gasteiger partial charge >= 0.3 is 33.6 Å². The van der Waals surface area contributed by atoms with Gasteiger partial charge in [0, 0.05) is 19.3 Å². The third-order valence-electron chi connectivity index (χ3n) is 16.4. The minimum absolute atomic E-state index is 0.0185. The molecule has 0 saturated carbocycles. The molecule has 0 saturated heterocycles. The number of phosphoric acid groups is 2. The fourth-order valence-corrected chi connectivity index (χ4v) is 11.9. The van der Waals surface area contributed by atoms with Crippen molar-refractivity contribution in [3.05, 3.63) is 170 Å². The Morgan fingerprint density at radius 1 is 0.276 bits per heavy atom. The van der Waals surface area contributed by atoms with E-state index in [1.54, 1.807) is 0 Å². The first-order chi connectivity index (χ1) is 51.2. The van der Waals surface area contributed by atoms with E-state index in [1.807, 2.05) is 12.2 Å². The molecule has 0 radical (unpaired) electrons. The molecule has 0 aliphatic heterocycles. The van der Waals surface area contributed by atoms with Crippen molar-refractivity contribution >= 4 is 33.6 Å². The number of hydrogen-bond acceptors (Lipinski definition) is 14. The standard InChI is InChI=1S/C87H144O16P2/c1-4-7-10-13-16-19-22-25-28-31-33-34-35-36-37-38-39-40-41-42-43-44-45-46-48-51-52-55-58-61-64-67-70-73-85(90)97-76-82(88)77-99-104(93,94)100-78-83(89)79-101-105(95,96)102-81-84(103-87(92)75-72-69-66-63-60-57-54-49-30-27-24-21-18-15-12-9-6-3)80-98-86(91)74-71-68-65-62-59-56-53-50-47-32-29-26-23-20-17-14-11-8-5-2/h7,9-10,12,16-21,25-30,33-34,36-37,39-40,47,50,54,57,63,66,82-84,88-89H,4-6,8,11,13-15,22-24,31-32,35,38,41-46,48-49,51-53,55-56,58-62,64-65,67-81H2,1-3H3,(H,93,94)(H,95,96)/b10-7-,12-9-,19-16-,20-17-,21-18-,28-25-,29-26-,30-27-,34-33-,37-36-,40-39-,50-47-,57-54-,66-63-. The van der Waals surface area contributed by atoms with Crippen molar-refractivity contribution in [2.75, 3.05) is 39.6 Å². The molecular weight excluding hydrogens is 1360 g/mol. The highest BCUT2D eigenvalue weighted by Gasteiger charge is 2.29. The fraction of sp³-hybridized carbons (Fsp3) is 0.644. The molecule has 598 valence electrons. The van der Waals surface area contributed by atoms with Gasteiger partial charge in [0.2, 0.25) is 0 Å². The molecule has 0 aromatic rings. The highest BCUT2D eigenvalue weighted by atomic mass is 31.2. The van der Waals surface area contributed by atoms with Gasteiger partial charge in [-0.25, -0.2) is 9.13 Å². The van der Waals surface area contributed by atoms with Crippen LogP contribution in [0.5, 0.6) is 0 Å². The fourth-order valence-electron chi connectivity index (χ4n) is 10.3. The summed E-state index contributed by atoms with van der Waals surface area (Å²) in [7, 11) is -9.82. The second-order valence-electron chi connectivity index (χ2n) is 26.5. The van der Waals surface area contributed by atoms with Crippen LogP contribution in [-0.4, -0.2) is 95.9 Å². The molecule has 0 rings (SSSR count). The number of aliphatic hydroxyl groups is 2. The van der Waals surface area contributed by atoms with Crippen molar-refractivity contribution < 1.29 is 75.8 Å². The average Bonchev–Trinajstić information content (AvgIpc) is 0.911. The van der Waals surface area contributed by atoms with Gasteiger partial charge in [-0.2, -0.15) is 0 Å². The number of phosphoric ester groups is 2. The van der Waals surface area contributed by atoms with Gasteiger partial charge in [-0.05, 0) is 148 Å². The Morgan fingerprint density at radius 2 is 0.514 bits per heavy atom. The Bertz CT molecular complexity index is 2590. The number of hydrogen-bond donors (Lipinski definition) is 4. The Morgan fingerprint density at radius 3 is 0.829 bits per heavy atom. The van der Waals surface area contributed by atoms with Gasteiger partial charge < -0.3 is 34.2 Å². The van der Waals surface area contributed by atoms with E-state index in [0.29, 0.717) is 25.7 Å². The van der Waals surface area contributed by atoms with Crippen LogP contribution in [0.4, 0.5) is 0 Å². The van der Waals surface area contributed by atoms with E-state index in [-0.39, 0.29) is 19.3 Å². The monoisotopic (exact) mass is 1510 g/mol. The number of allylic oxidation sites excluding steroid dienone is 28. The topological polar surface area (TPSA) is 231 Å². The number of rotatable bonds is 75. The first-order valence-electron chi connectivity index (χ1n) is 40.4. The van der Waals surface area contributed by atoms with Crippen LogP contribution < -0.4 is 0 Å². The third kappa shape index (κ3) is 79.8. The van der Waals surface area contributed by atoms with Gasteiger partial charge in [0.05, 0.1) is 26.4 Å². The molecule has 0 aliphatic carbocycles. The van der Waals surface area contributed by atoms with Crippen LogP contribution in [0.3, 0.4) is 0 Å². The molecule has 5 atom stereocenters. The van der Waals surface area contributed by atoms with Gasteiger partial charge in [0.25, 0.3) is 0 Å². The lowest BCUT2D eigenvalue weighted by molar-refractivity contribution is -0.161. The molecule has 5 unspecified atom stereocenters. The van der Waals surface area contributed by atoms with Crippen LogP contribution in [-0.2, 0) is 55.8 Å². The van der Waals surface area contributed by atoms with Gasteiger partial charge in [-0.3, -0.25) is 32.5 Å². The Labute approximate surface area is 637 Å². The normalized spacial score (nSPS) is 14.8. The summed E-state index contributed by atoms with van der Waals surface area (Å²) in [6.45, 7) is 2.34. The maximum atomic E-state index is 12.9. The van der Waals surface area contributed by atoms with E-state index in [9.17, 15) is 43.5 Å². The van der Waals surface area contributed by atoms with Crippen molar-refractivity contribution in [2.24, 2.45) is 0 Å². The number of ether oxygens (including phenoxy) is 3. The van der Waals surface area contributed by atoms with Crippen LogP contribution in [0.15, 0.2) is 170 Å². The van der Waals surface area contributed by atoms with Crippen molar-refractivity contribution in [1.29, 1.82) is 0 Å². The van der Waals surface area contributed by atoms with Crippen LogP contribution in [0.1, 0.15) is 303 Å². The lowest BCUT2D eigenvalue weighted by Gasteiger charge is -2.21. The van der Waals surface area contributed by atoms with Crippen LogP contribution in [0.2, 0.25) is 0 Å². The molecule has 0 amide bonds. The highest BCUT2D eigenvalue weighted by Crippen LogP contribution is 2.45. The number of esters is 3. The zero-order valence-electron chi connectivity index (χ0n) is 65.3. The summed E-state index contributed by atoms with van der Waals surface area (Å²) in [5.74, 6) is -1.66. The van der Waals surface area contributed by atoms with Crippen LogP contribution in [0, 0.1) is 0 Å². The van der Waals surface area contributed by atoms with E-state index in [0.717, 1.165) is 154 Å². The van der Waals surface area contributed by atoms with Crippen LogP contribution >= 0.6 is 15.6 Å². The molecular formula is C87H144O16P2. The zero-order chi connectivity index (χ0) is 76.6. The number of unbranched alkanes of at least 4 members (excludes halogenated alkanes) is 24. The largest absolute Gasteiger partial charge is 0.472 e. The number of carbonyl (C=O) groups excluding carboxylic acids is 3. The second kappa shape index (κ2) is 78.5. The summed E-state index contributed by atoms with van der Waals surface area (Å²) in [6.07, 6.45) is 99.9. The maximum absolute atomic E-state index is 12.9. The quantitative estimate of drug-likeness (QED) is 0.0146. The van der Waals surface area contributed by atoms with Gasteiger partial charge in [0.15, 0.2) is 6.10 Å². The Balaban J connectivity index is 4.53. The Kier molecular flexibility index (Phi) is 74.7. The molecule has 4 N–H and O–H groups in total. The lowest BCUT2D eigenvalue weighted by Crippen LogP contribution is -2.30. The minimum atomic E-state index is -4.95. The molecule has 0 aromatic heterocycles. The number of aliphatic hydroxyl groups excluding tert-OH is 2. The molecule has 16 nitrogen and oxygen atoms in total. The predicted octanol–water partition coefficient (Wildman–Crippen LogP) is 24.0. The zero-order valence-corrected chi connectivity index (χ0v) is 67.1. The smallest absolute Gasteiger partial charge is 0.463 e. The van der Waals surface area contributed by atoms with Crippen molar-refractivity contribution in [3.8, 4) is 0 Å². The summed E-state index contributed by atoms with van der Waals surface area (Å²) < 4.78 is 61.1. The molecule has 0 fully saturated rings. The molecule has 105 heavy (non-hydrogen) atoms. The first kappa shape index (κ1) is 99.9. The summed E-state index contributed by atoms with van der Waals surface area (Å²) in [5, 5.41) is 20.7. The average molecular weight is 1510 g/mol. The number of carbonyl (C=O) groups is 3. The van der Waals surface area contributed by atoms with Gasteiger partial charge in [-0.15, -0.1) is 0 Å². The van der Waals surface area contributed by atoms with E-state index in [1.165, 1.54) is 83.5 Å². The van der Waals surface area contributed by atoms with Crippen molar-refractivity contribution in [3.63, 3.8) is 0 Å². The van der Waals surface area contributed by atoms with E-state index in [4.69, 9.17) is 32.3 Å². The molecule has 0 aliphatic rings. The summed E-state index contributed by atoms with van der Waals surface area (Å²) in [6, 6.07) is 0.